The monoisotopic (exact) mass is 432 g/mol. The van der Waals surface area contributed by atoms with E-state index in [9.17, 15) is 0 Å². The summed E-state index contributed by atoms with van der Waals surface area (Å²) < 4.78 is 2.06. The zero-order chi connectivity index (χ0) is 22.2. The zero-order valence-corrected chi connectivity index (χ0v) is 17.9. The van der Waals surface area contributed by atoms with E-state index >= 15 is 0 Å². The minimum absolute atomic E-state index is 0.532. The van der Waals surface area contributed by atoms with Gasteiger partial charge in [-0.1, -0.05) is 6.07 Å². The Hall–Kier alpha value is -4.59. The second-order valence-electron chi connectivity index (χ2n) is 7.78. The number of aromatic amines is 1. The van der Waals surface area contributed by atoms with Gasteiger partial charge in [-0.15, -0.1) is 0 Å². The number of H-pyrrole nitrogens is 1. The van der Waals surface area contributed by atoms with E-state index in [1.54, 1.807) is 12.5 Å². The summed E-state index contributed by atoms with van der Waals surface area (Å²) in [6, 6.07) is 18.2. The second-order valence-corrected chi connectivity index (χ2v) is 7.78. The molecule has 1 aromatic carbocycles. The van der Waals surface area contributed by atoms with Gasteiger partial charge in [-0.05, 0) is 55.5 Å². The molecule has 0 atom stereocenters. The van der Waals surface area contributed by atoms with Gasteiger partial charge in [0, 0.05) is 35.5 Å². The molecule has 4 aromatic heterocycles. The molecule has 0 spiro atoms. The molecule has 8 heteroatoms. The third-order valence-electron chi connectivity index (χ3n) is 5.57. The van der Waals surface area contributed by atoms with Gasteiger partial charge in [0.1, 0.15) is 23.5 Å². The highest BCUT2D eigenvalue weighted by atomic mass is 15.2. The molecule has 0 amide bonds. The molecular formula is C25H20N8. The van der Waals surface area contributed by atoms with Crippen LogP contribution in [-0.4, -0.2) is 36.2 Å². The summed E-state index contributed by atoms with van der Waals surface area (Å²) in [5.74, 6) is 0.830. The minimum atomic E-state index is 0.532. The molecule has 1 aliphatic rings. The van der Waals surface area contributed by atoms with Crippen LogP contribution in [0.15, 0.2) is 84.5 Å². The number of aryl methyl sites for hydroxylation is 1. The first-order valence-corrected chi connectivity index (χ1v) is 10.6. The number of imidazole rings is 2. The number of fused-ring (bicyclic) bond motifs is 1. The zero-order valence-electron chi connectivity index (χ0n) is 17.9. The summed E-state index contributed by atoms with van der Waals surface area (Å²) in [7, 11) is 0. The molecule has 160 valence electrons. The minimum Gasteiger partial charge on any atom is -0.342 e. The van der Waals surface area contributed by atoms with Gasteiger partial charge in [0.15, 0.2) is 5.49 Å². The molecule has 1 N–H and O–H groups in total. The van der Waals surface area contributed by atoms with E-state index in [-0.39, 0.29) is 0 Å². The highest BCUT2D eigenvalue weighted by molar-refractivity contribution is 5.69. The molecule has 0 unspecified atom stereocenters. The van der Waals surface area contributed by atoms with Gasteiger partial charge < -0.3 is 9.88 Å². The molecule has 1 aliphatic heterocycles. The van der Waals surface area contributed by atoms with Crippen molar-refractivity contribution >= 4 is 11.9 Å². The number of hydrogen-bond donors (Lipinski definition) is 1. The quantitative estimate of drug-likeness (QED) is 0.472. The van der Waals surface area contributed by atoms with Crippen LogP contribution < -0.4 is 15.7 Å². The van der Waals surface area contributed by atoms with E-state index in [1.165, 1.54) is 0 Å². The maximum atomic E-state index is 4.93. The lowest BCUT2D eigenvalue weighted by molar-refractivity contribution is 0.913. The summed E-state index contributed by atoms with van der Waals surface area (Å²) in [5, 5.41) is 0.910. The number of pyridine rings is 2. The number of rotatable bonds is 4. The predicted molar refractivity (Wildman–Crippen MR) is 126 cm³/mol. The van der Waals surface area contributed by atoms with E-state index in [2.05, 4.69) is 64.7 Å². The topological polar surface area (TPSA) is 87.9 Å². The Morgan fingerprint density at radius 2 is 1.76 bits per heavy atom. The summed E-state index contributed by atoms with van der Waals surface area (Å²) in [5.41, 5.74) is 6.35. The fourth-order valence-electron chi connectivity index (χ4n) is 3.84. The van der Waals surface area contributed by atoms with E-state index in [0.29, 0.717) is 6.67 Å². The van der Waals surface area contributed by atoms with Crippen LogP contribution in [-0.2, 0) is 0 Å². The van der Waals surface area contributed by atoms with Crippen molar-refractivity contribution in [1.82, 2.24) is 29.5 Å². The van der Waals surface area contributed by atoms with Crippen LogP contribution in [0, 0.1) is 6.92 Å². The van der Waals surface area contributed by atoms with Crippen molar-refractivity contribution in [2.75, 3.05) is 11.6 Å². The number of nitrogens with zero attached hydrogens (tertiary/aromatic N) is 7. The van der Waals surface area contributed by atoms with Crippen molar-refractivity contribution in [3.63, 3.8) is 0 Å². The SMILES string of the molecule is Cc1ccc(-n2cc(-c3ccccn3)nc2-c2ccc(N3C=c4[nH]cnc4=NC3)cc2)cn1. The normalized spacial score (nSPS) is 12.7. The number of benzene rings is 1. The molecule has 0 saturated carbocycles. The molecule has 0 aliphatic carbocycles. The van der Waals surface area contributed by atoms with Gasteiger partial charge in [0.2, 0.25) is 0 Å². The Balaban J connectivity index is 1.40. The fourth-order valence-corrected chi connectivity index (χ4v) is 3.84. The van der Waals surface area contributed by atoms with Gasteiger partial charge in [-0.25, -0.2) is 15.0 Å². The summed E-state index contributed by atoms with van der Waals surface area (Å²) >= 11 is 0. The van der Waals surface area contributed by atoms with Crippen LogP contribution in [0.5, 0.6) is 0 Å². The highest BCUT2D eigenvalue weighted by Gasteiger charge is 2.15. The Morgan fingerprint density at radius 3 is 2.55 bits per heavy atom. The lowest BCUT2D eigenvalue weighted by Crippen LogP contribution is -2.36. The third kappa shape index (κ3) is 3.57. The second kappa shape index (κ2) is 7.83. The number of nitrogens with one attached hydrogen (secondary N) is 1. The fraction of sp³-hybridized carbons (Fsp3) is 0.0800. The van der Waals surface area contributed by atoms with E-state index in [4.69, 9.17) is 4.98 Å². The van der Waals surface area contributed by atoms with Crippen LogP contribution in [0.3, 0.4) is 0 Å². The van der Waals surface area contributed by atoms with Crippen molar-refractivity contribution in [1.29, 1.82) is 0 Å². The lowest BCUT2D eigenvalue weighted by atomic mass is 10.2. The number of aromatic nitrogens is 6. The molecule has 0 saturated heterocycles. The van der Waals surface area contributed by atoms with Crippen LogP contribution in [0.4, 0.5) is 5.69 Å². The van der Waals surface area contributed by atoms with Crippen LogP contribution in [0.25, 0.3) is 34.7 Å². The molecular weight excluding hydrogens is 412 g/mol. The molecule has 8 nitrogen and oxygen atoms in total. The third-order valence-corrected chi connectivity index (χ3v) is 5.57. The lowest BCUT2D eigenvalue weighted by Gasteiger charge is -2.19. The first kappa shape index (κ1) is 19.1. The molecule has 0 radical (unpaired) electrons. The molecule has 5 aromatic rings. The standard InChI is InChI=1S/C25H20N8/c1-17-5-8-20(12-27-17)33-14-22(21-4-2-3-11-26-21)31-25(33)18-6-9-19(10-7-18)32-13-23-24(30-16-32)29-15-28-23/h2-15H,16H2,1H3,(H,28,29,30). The van der Waals surface area contributed by atoms with Crippen molar-refractivity contribution in [2.45, 2.75) is 6.92 Å². The summed E-state index contributed by atoms with van der Waals surface area (Å²) in [4.78, 5) is 27.8. The molecule has 0 fully saturated rings. The number of hydrogen-bond acceptors (Lipinski definition) is 6. The predicted octanol–water partition coefficient (Wildman–Crippen LogP) is 2.86. The average molecular weight is 432 g/mol. The number of anilines is 1. The van der Waals surface area contributed by atoms with Gasteiger partial charge >= 0.3 is 0 Å². The van der Waals surface area contributed by atoms with Gasteiger partial charge in [-0.2, -0.15) is 0 Å². The van der Waals surface area contributed by atoms with Crippen molar-refractivity contribution < 1.29 is 0 Å². The maximum Gasteiger partial charge on any atom is 0.176 e. The summed E-state index contributed by atoms with van der Waals surface area (Å²) in [6.07, 6.45) is 9.35. The Kier molecular flexibility index (Phi) is 4.54. The largest absolute Gasteiger partial charge is 0.342 e. The van der Waals surface area contributed by atoms with E-state index < -0.39 is 0 Å². The van der Waals surface area contributed by atoms with Crippen LogP contribution in [0.1, 0.15) is 5.69 Å². The Labute approximate surface area is 189 Å². The molecule has 6 rings (SSSR count). The van der Waals surface area contributed by atoms with Gasteiger partial charge in [0.25, 0.3) is 0 Å². The van der Waals surface area contributed by atoms with E-state index in [0.717, 1.165) is 50.7 Å². The van der Waals surface area contributed by atoms with Crippen molar-refractivity contribution in [2.24, 2.45) is 4.99 Å². The van der Waals surface area contributed by atoms with Crippen molar-refractivity contribution in [3.8, 4) is 28.5 Å². The molecule has 33 heavy (non-hydrogen) atoms. The van der Waals surface area contributed by atoms with Crippen LogP contribution >= 0.6 is 0 Å². The summed E-state index contributed by atoms with van der Waals surface area (Å²) in [6.45, 7) is 2.51. The smallest absolute Gasteiger partial charge is 0.176 e. The highest BCUT2D eigenvalue weighted by Crippen LogP contribution is 2.28. The van der Waals surface area contributed by atoms with E-state index in [1.807, 2.05) is 49.8 Å². The average Bonchev–Trinajstić information content (AvgIpc) is 3.52. The first-order valence-electron chi connectivity index (χ1n) is 10.6. The van der Waals surface area contributed by atoms with Crippen LogP contribution in [0.2, 0.25) is 0 Å². The van der Waals surface area contributed by atoms with Gasteiger partial charge in [-0.3, -0.25) is 14.5 Å². The van der Waals surface area contributed by atoms with Crippen molar-refractivity contribution in [3.05, 3.63) is 96.0 Å². The van der Waals surface area contributed by atoms with Gasteiger partial charge in [0.05, 0.1) is 23.9 Å². The first-order chi connectivity index (χ1) is 16.2. The Bertz CT molecular complexity index is 1530. The maximum absolute atomic E-state index is 4.93. The molecule has 0 bridgehead atoms. The Morgan fingerprint density at radius 1 is 0.879 bits per heavy atom. The molecule has 5 heterocycles.